The number of amides is 1. The van der Waals surface area contributed by atoms with E-state index >= 15 is 0 Å². The van der Waals surface area contributed by atoms with Crippen molar-refractivity contribution < 1.29 is 4.79 Å². The predicted molar refractivity (Wildman–Crippen MR) is 115 cm³/mol. The number of hydrogen-bond acceptors (Lipinski definition) is 5. The zero-order chi connectivity index (χ0) is 18.8. The fourth-order valence-corrected chi connectivity index (χ4v) is 5.11. The summed E-state index contributed by atoms with van der Waals surface area (Å²) < 4.78 is 1.23. The summed E-state index contributed by atoms with van der Waals surface area (Å²) in [4.78, 5) is 23.1. The molecule has 140 valence electrons. The van der Waals surface area contributed by atoms with Gasteiger partial charge in [-0.2, -0.15) is 0 Å². The molecule has 0 bridgehead atoms. The van der Waals surface area contributed by atoms with E-state index in [0.717, 1.165) is 48.1 Å². The number of aryl methyl sites for hydroxylation is 1. The van der Waals surface area contributed by atoms with Gasteiger partial charge in [-0.05, 0) is 48.6 Å². The van der Waals surface area contributed by atoms with E-state index in [2.05, 4.69) is 36.9 Å². The number of thioether (sulfide) groups is 1. The number of fused-ring (bicyclic) bond motifs is 1. The molecule has 27 heavy (non-hydrogen) atoms. The lowest BCUT2D eigenvalue weighted by molar-refractivity contribution is 0.0746. The fourth-order valence-electron chi connectivity index (χ4n) is 3.35. The normalized spacial score (nSPS) is 14.7. The first-order valence-electron chi connectivity index (χ1n) is 9.29. The minimum Gasteiger partial charge on any atom is -0.345 e. The molecule has 2 aromatic carbocycles. The van der Waals surface area contributed by atoms with Crippen molar-refractivity contribution in [1.82, 2.24) is 9.88 Å². The lowest BCUT2D eigenvalue weighted by Gasteiger charge is -2.34. The number of carbonyl (C=O) groups is 1. The molecule has 3 aromatic rings. The van der Waals surface area contributed by atoms with Crippen LogP contribution < -0.4 is 4.90 Å². The maximum absolute atomic E-state index is 12.8. The van der Waals surface area contributed by atoms with Gasteiger partial charge in [-0.1, -0.05) is 30.4 Å². The highest BCUT2D eigenvalue weighted by Crippen LogP contribution is 2.31. The molecule has 1 fully saturated rings. The van der Waals surface area contributed by atoms with Crippen LogP contribution in [0.1, 0.15) is 22.8 Å². The Bertz CT molecular complexity index is 944. The Hall–Kier alpha value is -2.05. The molecule has 0 N–H and O–H groups in total. The van der Waals surface area contributed by atoms with E-state index in [1.165, 1.54) is 15.2 Å². The molecule has 0 unspecified atom stereocenters. The summed E-state index contributed by atoms with van der Waals surface area (Å²) in [6.07, 6.45) is 0. The van der Waals surface area contributed by atoms with E-state index in [9.17, 15) is 4.79 Å². The summed E-state index contributed by atoms with van der Waals surface area (Å²) in [6, 6.07) is 14.3. The molecule has 1 aromatic heterocycles. The molecule has 1 amide bonds. The summed E-state index contributed by atoms with van der Waals surface area (Å²) in [6.45, 7) is 7.36. The van der Waals surface area contributed by atoms with Gasteiger partial charge in [0.05, 0.1) is 10.2 Å². The molecular weight excluding hydrogens is 374 g/mol. The van der Waals surface area contributed by atoms with Gasteiger partial charge in [0.25, 0.3) is 5.91 Å². The number of thiazole rings is 1. The van der Waals surface area contributed by atoms with Crippen LogP contribution in [0.3, 0.4) is 0 Å². The van der Waals surface area contributed by atoms with E-state index in [1.807, 2.05) is 29.2 Å². The monoisotopic (exact) mass is 397 g/mol. The van der Waals surface area contributed by atoms with E-state index in [4.69, 9.17) is 4.98 Å². The van der Waals surface area contributed by atoms with Crippen LogP contribution >= 0.6 is 23.1 Å². The second kappa shape index (κ2) is 7.90. The Morgan fingerprint density at radius 2 is 1.85 bits per heavy atom. The Balaban J connectivity index is 1.41. The number of benzene rings is 2. The van der Waals surface area contributed by atoms with Crippen molar-refractivity contribution in [1.29, 1.82) is 0 Å². The maximum atomic E-state index is 12.8. The van der Waals surface area contributed by atoms with Crippen LogP contribution in [-0.4, -0.2) is 47.7 Å². The number of para-hydroxylation sites is 1. The first kappa shape index (κ1) is 18.3. The highest BCUT2D eigenvalue weighted by atomic mass is 32.2. The van der Waals surface area contributed by atoms with Crippen molar-refractivity contribution in [2.24, 2.45) is 0 Å². The average Bonchev–Trinajstić information content (AvgIpc) is 3.14. The smallest absolute Gasteiger partial charge is 0.253 e. The number of hydrogen-bond donors (Lipinski definition) is 0. The Labute approximate surface area is 168 Å². The number of nitrogens with zero attached hydrogens (tertiary/aromatic N) is 3. The highest BCUT2D eigenvalue weighted by Gasteiger charge is 2.24. The predicted octanol–water partition coefficient (Wildman–Crippen LogP) is 4.68. The summed E-state index contributed by atoms with van der Waals surface area (Å²) in [7, 11) is 0. The third-order valence-electron chi connectivity index (χ3n) is 4.86. The number of anilines is 1. The van der Waals surface area contributed by atoms with Crippen molar-refractivity contribution >= 4 is 44.4 Å². The number of aromatic nitrogens is 1. The van der Waals surface area contributed by atoms with Gasteiger partial charge in [-0.15, -0.1) is 11.8 Å². The number of carbonyl (C=O) groups excluding carboxylic acids is 1. The maximum Gasteiger partial charge on any atom is 0.253 e. The third kappa shape index (κ3) is 3.82. The van der Waals surface area contributed by atoms with Gasteiger partial charge in [0.2, 0.25) is 0 Å². The van der Waals surface area contributed by atoms with Crippen LogP contribution in [0.25, 0.3) is 10.2 Å². The van der Waals surface area contributed by atoms with Crippen molar-refractivity contribution in [3.05, 3.63) is 53.6 Å². The number of piperazine rings is 1. The average molecular weight is 398 g/mol. The minimum absolute atomic E-state index is 0.128. The zero-order valence-corrected chi connectivity index (χ0v) is 17.3. The van der Waals surface area contributed by atoms with Crippen LogP contribution in [0, 0.1) is 6.92 Å². The standard InChI is InChI=1S/C21H23N3OS2/c1-3-26-17-9-7-16(8-10-17)20(25)23-11-13-24(14-12-23)21-22-19-15(2)5-4-6-18(19)27-21/h4-10H,3,11-14H2,1-2H3. The van der Waals surface area contributed by atoms with Crippen LogP contribution in [0.2, 0.25) is 0 Å². The lowest BCUT2D eigenvalue weighted by Crippen LogP contribution is -2.48. The van der Waals surface area contributed by atoms with Crippen LogP contribution in [-0.2, 0) is 0 Å². The fraction of sp³-hybridized carbons (Fsp3) is 0.333. The molecule has 6 heteroatoms. The van der Waals surface area contributed by atoms with E-state index in [0.29, 0.717) is 0 Å². The van der Waals surface area contributed by atoms with Crippen LogP contribution in [0.15, 0.2) is 47.4 Å². The first-order chi connectivity index (χ1) is 13.2. The SMILES string of the molecule is CCSc1ccc(C(=O)N2CCN(c3nc4c(C)cccc4s3)CC2)cc1. The summed E-state index contributed by atoms with van der Waals surface area (Å²) >= 11 is 3.53. The molecule has 4 rings (SSSR count). The van der Waals surface area contributed by atoms with Crippen molar-refractivity contribution in [3.8, 4) is 0 Å². The highest BCUT2D eigenvalue weighted by molar-refractivity contribution is 7.99. The van der Waals surface area contributed by atoms with Crippen molar-refractivity contribution in [2.45, 2.75) is 18.7 Å². The molecule has 1 aliphatic heterocycles. The Kier molecular flexibility index (Phi) is 5.36. The molecule has 0 atom stereocenters. The summed E-state index contributed by atoms with van der Waals surface area (Å²) in [5, 5.41) is 1.06. The van der Waals surface area contributed by atoms with E-state index in [1.54, 1.807) is 23.1 Å². The first-order valence-corrected chi connectivity index (χ1v) is 11.1. The van der Waals surface area contributed by atoms with Gasteiger partial charge < -0.3 is 9.80 Å². The molecule has 2 heterocycles. The van der Waals surface area contributed by atoms with Gasteiger partial charge in [0, 0.05) is 36.6 Å². The summed E-state index contributed by atoms with van der Waals surface area (Å²) in [5.74, 6) is 1.17. The summed E-state index contributed by atoms with van der Waals surface area (Å²) in [5.41, 5.74) is 3.09. The molecule has 1 aliphatic rings. The molecule has 0 saturated carbocycles. The van der Waals surface area contributed by atoms with Gasteiger partial charge in [0.15, 0.2) is 5.13 Å². The van der Waals surface area contributed by atoms with Crippen molar-refractivity contribution in [2.75, 3.05) is 36.8 Å². The third-order valence-corrected chi connectivity index (χ3v) is 6.83. The second-order valence-corrected chi connectivity index (χ2v) is 9.00. The molecule has 1 saturated heterocycles. The molecule has 0 aliphatic carbocycles. The van der Waals surface area contributed by atoms with Crippen LogP contribution in [0.5, 0.6) is 0 Å². The Morgan fingerprint density at radius 1 is 1.11 bits per heavy atom. The zero-order valence-electron chi connectivity index (χ0n) is 15.6. The van der Waals surface area contributed by atoms with Gasteiger partial charge >= 0.3 is 0 Å². The molecule has 4 nitrogen and oxygen atoms in total. The molecular formula is C21H23N3OS2. The van der Waals surface area contributed by atoms with Gasteiger partial charge in [0.1, 0.15) is 0 Å². The van der Waals surface area contributed by atoms with Gasteiger partial charge in [-0.3, -0.25) is 4.79 Å². The number of rotatable bonds is 4. The quantitative estimate of drug-likeness (QED) is 0.599. The van der Waals surface area contributed by atoms with E-state index < -0.39 is 0 Å². The van der Waals surface area contributed by atoms with Gasteiger partial charge in [-0.25, -0.2) is 4.98 Å². The van der Waals surface area contributed by atoms with Crippen molar-refractivity contribution in [3.63, 3.8) is 0 Å². The molecule has 0 spiro atoms. The largest absolute Gasteiger partial charge is 0.345 e. The second-order valence-electron chi connectivity index (χ2n) is 6.65. The molecule has 0 radical (unpaired) electrons. The minimum atomic E-state index is 0.128. The van der Waals surface area contributed by atoms with E-state index in [-0.39, 0.29) is 5.91 Å². The topological polar surface area (TPSA) is 36.4 Å². The van der Waals surface area contributed by atoms with Crippen LogP contribution in [0.4, 0.5) is 5.13 Å². The lowest BCUT2D eigenvalue weighted by atomic mass is 10.2. The Morgan fingerprint density at radius 3 is 2.52 bits per heavy atom.